The number of thioether (sulfide) groups is 1. The summed E-state index contributed by atoms with van der Waals surface area (Å²) in [4.78, 5) is 16.0. The van der Waals surface area contributed by atoms with Crippen LogP contribution in [0.1, 0.15) is 10.6 Å². The van der Waals surface area contributed by atoms with E-state index in [1.807, 2.05) is 22.9 Å². The van der Waals surface area contributed by atoms with Gasteiger partial charge in [-0.1, -0.05) is 17.8 Å². The summed E-state index contributed by atoms with van der Waals surface area (Å²) in [7, 11) is 0. The van der Waals surface area contributed by atoms with E-state index < -0.39 is 5.97 Å². The first-order valence-corrected chi connectivity index (χ1v) is 6.92. The van der Waals surface area contributed by atoms with Crippen LogP contribution in [0.4, 0.5) is 0 Å². The fourth-order valence-corrected chi connectivity index (χ4v) is 2.87. The number of aryl methyl sites for hydroxylation is 1. The van der Waals surface area contributed by atoms with Gasteiger partial charge in [0.15, 0.2) is 5.16 Å². The Labute approximate surface area is 107 Å². The summed E-state index contributed by atoms with van der Waals surface area (Å²) in [6.45, 7) is 2.73. The molecule has 6 heteroatoms. The second-order valence-corrected chi connectivity index (χ2v) is 5.50. The molecule has 4 nitrogen and oxygen atoms in total. The number of thiophene rings is 1. The normalized spacial score (nSPS) is 10.6. The van der Waals surface area contributed by atoms with Crippen molar-refractivity contribution in [1.29, 1.82) is 0 Å². The number of carboxylic acids is 1. The third-order valence-corrected chi connectivity index (χ3v) is 4.07. The second kappa shape index (κ2) is 5.37. The van der Waals surface area contributed by atoms with Crippen molar-refractivity contribution in [3.63, 3.8) is 0 Å². The van der Waals surface area contributed by atoms with Crippen LogP contribution in [0.5, 0.6) is 0 Å². The van der Waals surface area contributed by atoms with Crippen molar-refractivity contribution in [2.45, 2.75) is 18.6 Å². The average molecular weight is 268 g/mol. The minimum Gasteiger partial charge on any atom is -0.481 e. The fraction of sp³-hybridized carbons (Fsp3) is 0.273. The number of rotatable bonds is 5. The Morgan fingerprint density at radius 3 is 3.12 bits per heavy atom. The summed E-state index contributed by atoms with van der Waals surface area (Å²) in [5.41, 5.74) is 1.05. The van der Waals surface area contributed by atoms with Gasteiger partial charge in [-0.05, 0) is 18.4 Å². The molecule has 0 saturated carbocycles. The van der Waals surface area contributed by atoms with Gasteiger partial charge in [0.1, 0.15) is 0 Å². The molecule has 0 fully saturated rings. The number of nitrogens with zero attached hydrogens (tertiary/aromatic N) is 2. The van der Waals surface area contributed by atoms with E-state index in [0.29, 0.717) is 0 Å². The number of carboxylic acid groups (broad SMARTS) is 1. The smallest absolute Gasteiger partial charge is 0.313 e. The van der Waals surface area contributed by atoms with E-state index in [9.17, 15) is 4.79 Å². The molecule has 0 saturated heterocycles. The Balaban J connectivity index is 2.14. The van der Waals surface area contributed by atoms with Gasteiger partial charge in [0.2, 0.25) is 0 Å². The Hall–Kier alpha value is -1.27. The molecular weight excluding hydrogens is 256 g/mol. The van der Waals surface area contributed by atoms with Crippen LogP contribution in [0.15, 0.2) is 28.9 Å². The molecule has 17 heavy (non-hydrogen) atoms. The van der Waals surface area contributed by atoms with Crippen LogP contribution in [-0.2, 0) is 11.3 Å². The number of imidazole rings is 1. The highest BCUT2D eigenvalue weighted by atomic mass is 32.2. The minimum atomic E-state index is -0.821. The van der Waals surface area contributed by atoms with Gasteiger partial charge in [0.05, 0.1) is 12.3 Å². The molecule has 0 aromatic carbocycles. The summed E-state index contributed by atoms with van der Waals surface area (Å²) in [6, 6.07) is 4.08. The van der Waals surface area contributed by atoms with Crippen molar-refractivity contribution in [2.75, 3.05) is 5.75 Å². The molecule has 2 rings (SSSR count). The molecular formula is C11H12N2O2S2. The molecule has 0 bridgehead atoms. The van der Waals surface area contributed by atoms with Gasteiger partial charge in [-0.3, -0.25) is 4.79 Å². The highest BCUT2D eigenvalue weighted by molar-refractivity contribution is 7.99. The molecule has 2 heterocycles. The first kappa shape index (κ1) is 12.2. The lowest BCUT2D eigenvalue weighted by molar-refractivity contribution is -0.133. The van der Waals surface area contributed by atoms with Crippen molar-refractivity contribution in [3.05, 3.63) is 34.3 Å². The number of hydrogen-bond acceptors (Lipinski definition) is 4. The van der Waals surface area contributed by atoms with Gasteiger partial charge in [0.25, 0.3) is 0 Å². The Kier molecular flexibility index (Phi) is 3.86. The SMILES string of the molecule is Cc1cnc(SCC(=O)O)n1Cc1cccs1. The average Bonchev–Trinajstić information content (AvgIpc) is 2.89. The van der Waals surface area contributed by atoms with Crippen LogP contribution in [-0.4, -0.2) is 26.4 Å². The van der Waals surface area contributed by atoms with E-state index in [-0.39, 0.29) is 5.75 Å². The largest absolute Gasteiger partial charge is 0.481 e. The lowest BCUT2D eigenvalue weighted by atomic mass is 10.4. The molecule has 0 amide bonds. The van der Waals surface area contributed by atoms with Crippen molar-refractivity contribution < 1.29 is 9.90 Å². The van der Waals surface area contributed by atoms with E-state index in [1.165, 1.54) is 16.6 Å². The highest BCUT2D eigenvalue weighted by Gasteiger charge is 2.10. The molecule has 0 radical (unpaired) electrons. The number of hydrogen-bond donors (Lipinski definition) is 1. The zero-order valence-corrected chi connectivity index (χ0v) is 10.9. The van der Waals surface area contributed by atoms with Crippen molar-refractivity contribution in [3.8, 4) is 0 Å². The van der Waals surface area contributed by atoms with Gasteiger partial charge in [-0.2, -0.15) is 0 Å². The molecule has 1 N–H and O–H groups in total. The maximum atomic E-state index is 10.6. The zero-order valence-electron chi connectivity index (χ0n) is 9.29. The molecule has 0 aliphatic rings. The fourth-order valence-electron chi connectivity index (χ4n) is 1.43. The topological polar surface area (TPSA) is 55.1 Å². The van der Waals surface area contributed by atoms with Gasteiger partial charge in [0, 0.05) is 16.8 Å². The molecule has 0 aliphatic carbocycles. The predicted molar refractivity (Wildman–Crippen MR) is 68.7 cm³/mol. The number of aromatic nitrogens is 2. The number of aliphatic carboxylic acids is 1. The maximum absolute atomic E-state index is 10.6. The van der Waals surface area contributed by atoms with Crippen LogP contribution in [0.3, 0.4) is 0 Å². The summed E-state index contributed by atoms with van der Waals surface area (Å²) in [5, 5.41) is 11.5. The predicted octanol–water partition coefficient (Wildman–Crippen LogP) is 2.48. The van der Waals surface area contributed by atoms with Crippen molar-refractivity contribution in [2.24, 2.45) is 0 Å². The molecule has 0 unspecified atom stereocenters. The van der Waals surface area contributed by atoms with Gasteiger partial charge >= 0.3 is 5.97 Å². The van der Waals surface area contributed by atoms with E-state index in [0.717, 1.165) is 17.4 Å². The van der Waals surface area contributed by atoms with Gasteiger partial charge < -0.3 is 9.67 Å². The van der Waals surface area contributed by atoms with E-state index in [2.05, 4.69) is 11.1 Å². The standard InChI is InChI=1S/C11H12N2O2S2/c1-8-5-12-11(17-7-10(14)15)13(8)6-9-3-2-4-16-9/h2-5H,6-7H2,1H3,(H,14,15). The third kappa shape index (κ3) is 3.10. The Bertz CT molecular complexity index is 506. The maximum Gasteiger partial charge on any atom is 0.313 e. The van der Waals surface area contributed by atoms with Crippen molar-refractivity contribution in [1.82, 2.24) is 9.55 Å². The summed E-state index contributed by atoms with van der Waals surface area (Å²) in [6.07, 6.45) is 1.78. The summed E-state index contributed by atoms with van der Waals surface area (Å²) >= 11 is 2.94. The van der Waals surface area contributed by atoms with Crippen LogP contribution in [0.25, 0.3) is 0 Å². The lowest BCUT2D eigenvalue weighted by Gasteiger charge is -2.07. The van der Waals surface area contributed by atoms with E-state index in [1.54, 1.807) is 17.5 Å². The lowest BCUT2D eigenvalue weighted by Crippen LogP contribution is -2.05. The first-order valence-electron chi connectivity index (χ1n) is 5.06. The van der Waals surface area contributed by atoms with Crippen LogP contribution in [0.2, 0.25) is 0 Å². The molecule has 0 spiro atoms. The van der Waals surface area contributed by atoms with E-state index in [4.69, 9.17) is 5.11 Å². The van der Waals surface area contributed by atoms with Gasteiger partial charge in [-0.25, -0.2) is 4.98 Å². The third-order valence-electron chi connectivity index (χ3n) is 2.24. The molecule has 2 aromatic heterocycles. The highest BCUT2D eigenvalue weighted by Crippen LogP contribution is 2.21. The first-order chi connectivity index (χ1) is 8.16. The van der Waals surface area contributed by atoms with Crippen molar-refractivity contribution >= 4 is 29.1 Å². The monoisotopic (exact) mass is 268 g/mol. The van der Waals surface area contributed by atoms with Crippen LogP contribution < -0.4 is 0 Å². The van der Waals surface area contributed by atoms with Gasteiger partial charge in [-0.15, -0.1) is 11.3 Å². The Morgan fingerprint density at radius 2 is 2.47 bits per heavy atom. The minimum absolute atomic E-state index is 0.0426. The summed E-state index contributed by atoms with van der Waals surface area (Å²) in [5.74, 6) is -0.778. The van der Waals surface area contributed by atoms with Crippen LogP contribution >= 0.6 is 23.1 Å². The van der Waals surface area contributed by atoms with E-state index >= 15 is 0 Å². The molecule has 90 valence electrons. The molecule has 0 atom stereocenters. The summed E-state index contributed by atoms with van der Waals surface area (Å²) < 4.78 is 2.04. The quantitative estimate of drug-likeness (QED) is 0.846. The number of carbonyl (C=O) groups is 1. The molecule has 2 aromatic rings. The zero-order chi connectivity index (χ0) is 12.3. The molecule has 0 aliphatic heterocycles. The Morgan fingerprint density at radius 1 is 1.65 bits per heavy atom. The second-order valence-electron chi connectivity index (χ2n) is 3.53. The van der Waals surface area contributed by atoms with Crippen LogP contribution in [0, 0.1) is 6.92 Å².